The summed E-state index contributed by atoms with van der Waals surface area (Å²) in [7, 11) is -2.83. The third-order valence-electron chi connectivity index (χ3n) is 4.93. The van der Waals surface area contributed by atoms with Gasteiger partial charge in [-0.15, -0.1) is 6.58 Å². The summed E-state index contributed by atoms with van der Waals surface area (Å²) in [6.45, 7) is 9.62. The highest BCUT2D eigenvalue weighted by Gasteiger charge is 2.29. The molecule has 1 saturated carbocycles. The Morgan fingerprint density at radius 1 is 1.30 bits per heavy atom. The van der Waals surface area contributed by atoms with Gasteiger partial charge in [-0.3, -0.25) is 4.99 Å². The van der Waals surface area contributed by atoms with Crippen LogP contribution in [0.5, 0.6) is 0 Å². The maximum Gasteiger partial charge on any atom is 0.191 e. The lowest BCUT2D eigenvalue weighted by atomic mass is 9.75. The van der Waals surface area contributed by atoms with Gasteiger partial charge in [0.1, 0.15) is 0 Å². The first-order valence-electron chi connectivity index (χ1n) is 8.66. The summed E-state index contributed by atoms with van der Waals surface area (Å²) in [5, 5.41) is 6.77. The quantitative estimate of drug-likeness (QED) is 0.456. The molecule has 0 bridgehead atoms. The first kappa shape index (κ1) is 18.3. The molecule has 2 aliphatic rings. The maximum absolute atomic E-state index is 11.5. The molecule has 2 rings (SSSR count). The molecule has 0 aromatic rings. The van der Waals surface area contributed by atoms with Gasteiger partial charge in [-0.1, -0.05) is 19.9 Å². The number of nitrogens with one attached hydrogen (secondary N) is 2. The molecule has 6 heteroatoms. The summed E-state index contributed by atoms with van der Waals surface area (Å²) in [5.74, 6) is 1.54. The lowest BCUT2D eigenvalue weighted by Crippen LogP contribution is -2.46. The van der Waals surface area contributed by atoms with Crippen molar-refractivity contribution in [2.75, 3.05) is 24.6 Å². The van der Waals surface area contributed by atoms with Gasteiger partial charge in [0.15, 0.2) is 15.8 Å². The van der Waals surface area contributed by atoms with Crippen LogP contribution >= 0.6 is 0 Å². The minimum atomic E-state index is -2.83. The number of guanidine groups is 1. The van der Waals surface area contributed by atoms with E-state index >= 15 is 0 Å². The van der Waals surface area contributed by atoms with Crippen LogP contribution in [0.25, 0.3) is 0 Å². The number of hydrogen-bond donors (Lipinski definition) is 2. The van der Waals surface area contributed by atoms with E-state index in [9.17, 15) is 8.42 Å². The molecular formula is C17H31N3O2S. The van der Waals surface area contributed by atoms with Crippen LogP contribution in [0.15, 0.2) is 17.6 Å². The van der Waals surface area contributed by atoms with E-state index in [-0.39, 0.29) is 11.7 Å². The largest absolute Gasteiger partial charge is 0.354 e. The van der Waals surface area contributed by atoms with Crippen molar-refractivity contribution in [3.05, 3.63) is 12.7 Å². The Balaban J connectivity index is 1.88. The Hall–Kier alpha value is -1.04. The standard InChI is InChI=1S/C17H31N3O2S/c1-4-10-18-16(19-12-14-7-11-23(21,22)13-14)20-15-5-8-17(2,3)9-6-15/h4,14-15H,1,5-13H2,2-3H3,(H2,18,19,20). The van der Waals surface area contributed by atoms with Crippen LogP contribution in [0.2, 0.25) is 0 Å². The summed E-state index contributed by atoms with van der Waals surface area (Å²) in [6, 6.07) is 0.450. The first-order chi connectivity index (χ1) is 10.8. The molecule has 0 radical (unpaired) electrons. The van der Waals surface area contributed by atoms with Crippen molar-refractivity contribution in [1.82, 2.24) is 10.6 Å². The van der Waals surface area contributed by atoms with E-state index in [1.54, 1.807) is 6.08 Å². The summed E-state index contributed by atoms with van der Waals surface area (Å²) in [4.78, 5) is 4.62. The van der Waals surface area contributed by atoms with Gasteiger partial charge in [0.25, 0.3) is 0 Å². The molecule has 5 nitrogen and oxygen atoms in total. The van der Waals surface area contributed by atoms with Crippen LogP contribution in [0.3, 0.4) is 0 Å². The molecule has 1 aliphatic heterocycles. The Bertz CT molecular complexity index is 530. The zero-order chi connectivity index (χ0) is 16.9. The lowest BCUT2D eigenvalue weighted by Gasteiger charge is -2.35. The van der Waals surface area contributed by atoms with E-state index in [1.807, 2.05) is 0 Å². The van der Waals surface area contributed by atoms with Gasteiger partial charge in [0.2, 0.25) is 0 Å². The molecule has 132 valence electrons. The topological polar surface area (TPSA) is 70.6 Å². The zero-order valence-corrected chi connectivity index (χ0v) is 15.3. The average molecular weight is 342 g/mol. The van der Waals surface area contributed by atoms with Crippen molar-refractivity contribution >= 4 is 15.8 Å². The average Bonchev–Trinajstić information content (AvgIpc) is 2.83. The Morgan fingerprint density at radius 2 is 2.00 bits per heavy atom. The third-order valence-corrected chi connectivity index (χ3v) is 6.77. The Labute approximate surface area is 140 Å². The molecule has 2 fully saturated rings. The van der Waals surface area contributed by atoms with E-state index in [4.69, 9.17) is 0 Å². The number of sulfone groups is 1. The molecule has 1 saturated heterocycles. The molecule has 0 spiro atoms. The number of rotatable bonds is 5. The highest BCUT2D eigenvalue weighted by Crippen LogP contribution is 2.34. The summed E-state index contributed by atoms with van der Waals surface area (Å²) >= 11 is 0. The van der Waals surface area contributed by atoms with Crippen molar-refractivity contribution in [2.45, 2.75) is 52.0 Å². The molecular weight excluding hydrogens is 310 g/mol. The van der Waals surface area contributed by atoms with E-state index in [2.05, 4.69) is 36.1 Å². The molecule has 0 aromatic carbocycles. The fourth-order valence-electron chi connectivity index (χ4n) is 3.29. The highest BCUT2D eigenvalue weighted by molar-refractivity contribution is 7.91. The molecule has 1 heterocycles. The monoisotopic (exact) mass is 341 g/mol. The highest BCUT2D eigenvalue weighted by atomic mass is 32.2. The summed E-state index contributed by atoms with van der Waals surface area (Å²) in [5.41, 5.74) is 0.447. The van der Waals surface area contributed by atoms with Crippen LogP contribution in [0, 0.1) is 11.3 Å². The van der Waals surface area contributed by atoms with Gasteiger partial charge in [-0.05, 0) is 43.4 Å². The smallest absolute Gasteiger partial charge is 0.191 e. The van der Waals surface area contributed by atoms with E-state index in [0.29, 0.717) is 30.3 Å². The molecule has 23 heavy (non-hydrogen) atoms. The van der Waals surface area contributed by atoms with Crippen molar-refractivity contribution in [3.8, 4) is 0 Å². The summed E-state index contributed by atoms with van der Waals surface area (Å²) < 4.78 is 23.1. The first-order valence-corrected chi connectivity index (χ1v) is 10.5. The Morgan fingerprint density at radius 3 is 2.57 bits per heavy atom. The minimum absolute atomic E-state index is 0.160. The van der Waals surface area contributed by atoms with Crippen LogP contribution in [-0.2, 0) is 9.84 Å². The van der Waals surface area contributed by atoms with Gasteiger partial charge in [0, 0.05) is 19.1 Å². The third kappa shape index (κ3) is 6.16. The van der Waals surface area contributed by atoms with Crippen molar-refractivity contribution in [1.29, 1.82) is 0 Å². The molecule has 1 atom stereocenters. The van der Waals surface area contributed by atoms with Crippen LogP contribution in [0.4, 0.5) is 0 Å². The number of nitrogens with zero attached hydrogens (tertiary/aromatic N) is 1. The SMILES string of the molecule is C=CCNC(=NCC1CCS(=O)(=O)C1)NC1CCC(C)(C)CC1. The van der Waals surface area contributed by atoms with Gasteiger partial charge in [0.05, 0.1) is 11.5 Å². The van der Waals surface area contributed by atoms with Crippen LogP contribution < -0.4 is 10.6 Å². The zero-order valence-electron chi connectivity index (χ0n) is 14.5. The number of aliphatic imine (C=N–C) groups is 1. The number of hydrogen-bond acceptors (Lipinski definition) is 3. The molecule has 0 aromatic heterocycles. The Kier molecular flexibility index (Phi) is 6.12. The lowest BCUT2D eigenvalue weighted by molar-refractivity contribution is 0.216. The second-order valence-electron chi connectivity index (χ2n) is 7.71. The van der Waals surface area contributed by atoms with Crippen molar-refractivity contribution in [2.24, 2.45) is 16.3 Å². The van der Waals surface area contributed by atoms with Crippen LogP contribution in [-0.4, -0.2) is 45.0 Å². The predicted molar refractivity (Wildman–Crippen MR) is 96.4 cm³/mol. The maximum atomic E-state index is 11.5. The van der Waals surface area contributed by atoms with Crippen LogP contribution in [0.1, 0.15) is 46.0 Å². The van der Waals surface area contributed by atoms with Crippen molar-refractivity contribution < 1.29 is 8.42 Å². The fraction of sp³-hybridized carbons (Fsp3) is 0.824. The van der Waals surface area contributed by atoms with Crippen molar-refractivity contribution in [3.63, 3.8) is 0 Å². The fourth-order valence-corrected chi connectivity index (χ4v) is 5.14. The van der Waals surface area contributed by atoms with E-state index in [1.165, 1.54) is 12.8 Å². The molecule has 1 unspecified atom stereocenters. The minimum Gasteiger partial charge on any atom is -0.354 e. The molecule has 1 aliphatic carbocycles. The molecule has 2 N–H and O–H groups in total. The van der Waals surface area contributed by atoms with Gasteiger partial charge in [-0.2, -0.15) is 0 Å². The summed E-state index contributed by atoms with van der Waals surface area (Å²) in [6.07, 6.45) is 7.29. The van der Waals surface area contributed by atoms with E-state index in [0.717, 1.165) is 25.2 Å². The van der Waals surface area contributed by atoms with Gasteiger partial charge < -0.3 is 10.6 Å². The normalized spacial score (nSPS) is 27.6. The second kappa shape index (κ2) is 7.69. The second-order valence-corrected chi connectivity index (χ2v) is 9.94. The van der Waals surface area contributed by atoms with Gasteiger partial charge in [-0.25, -0.2) is 8.42 Å². The predicted octanol–water partition coefficient (Wildman–Crippen LogP) is 2.11. The molecule has 0 amide bonds. The van der Waals surface area contributed by atoms with E-state index < -0.39 is 9.84 Å². The van der Waals surface area contributed by atoms with Gasteiger partial charge >= 0.3 is 0 Å².